The maximum atomic E-state index is 13.3. The molecule has 0 fully saturated rings. The van der Waals surface area contributed by atoms with Gasteiger partial charge in [0.15, 0.2) is 11.0 Å². The number of amides is 1. The lowest BCUT2D eigenvalue weighted by molar-refractivity contribution is -0.119. The molecule has 4 rings (SSSR count). The van der Waals surface area contributed by atoms with E-state index in [0.717, 1.165) is 61.6 Å². The number of aromatic nitrogens is 4. The minimum Gasteiger partial charge on any atom is -0.353 e. The number of carbonyl (C=O) groups excluding carboxylic acids is 1. The van der Waals surface area contributed by atoms with Gasteiger partial charge in [-0.3, -0.25) is 9.59 Å². The second kappa shape index (κ2) is 11.0. The first-order chi connectivity index (χ1) is 16.1. The van der Waals surface area contributed by atoms with Crippen LogP contribution in [0.25, 0.3) is 17.1 Å². The first kappa shape index (κ1) is 23.5. The van der Waals surface area contributed by atoms with Crippen molar-refractivity contribution in [1.82, 2.24) is 24.6 Å². The fourth-order valence-electron chi connectivity index (χ4n) is 4.43. The SMILES string of the molecule is CCCCCC(C)NC(=O)CSc1nc2nn(-c3ccccc3)c(=O)c-2c2n1CCCCC2. The first-order valence-corrected chi connectivity index (χ1v) is 13.1. The van der Waals surface area contributed by atoms with E-state index in [2.05, 4.69) is 28.8 Å². The Kier molecular flexibility index (Phi) is 7.85. The molecule has 1 amide bonds. The molecule has 7 nitrogen and oxygen atoms in total. The predicted octanol–water partition coefficient (Wildman–Crippen LogP) is 4.44. The van der Waals surface area contributed by atoms with Gasteiger partial charge in [-0.1, -0.05) is 62.6 Å². The van der Waals surface area contributed by atoms with Crippen LogP contribution in [0.3, 0.4) is 0 Å². The Morgan fingerprint density at radius 1 is 1.18 bits per heavy atom. The normalized spacial score (nSPS) is 14.6. The number of nitrogens with zero attached hydrogens (tertiary/aromatic N) is 4. The van der Waals surface area contributed by atoms with Crippen molar-refractivity contribution in [2.45, 2.75) is 83.0 Å². The smallest absolute Gasteiger partial charge is 0.284 e. The van der Waals surface area contributed by atoms with Gasteiger partial charge in [0, 0.05) is 18.3 Å². The van der Waals surface area contributed by atoms with Crippen molar-refractivity contribution >= 4 is 17.7 Å². The number of hydrogen-bond acceptors (Lipinski definition) is 5. The number of rotatable bonds is 9. The van der Waals surface area contributed by atoms with Crippen molar-refractivity contribution in [3.05, 3.63) is 46.4 Å². The summed E-state index contributed by atoms with van der Waals surface area (Å²) in [7, 11) is 0. The van der Waals surface area contributed by atoms with E-state index < -0.39 is 0 Å². The van der Waals surface area contributed by atoms with Crippen LogP contribution in [-0.4, -0.2) is 37.0 Å². The van der Waals surface area contributed by atoms with Crippen LogP contribution in [0.1, 0.15) is 64.5 Å². The number of hydrogen-bond donors (Lipinski definition) is 1. The number of fused-ring (bicyclic) bond motifs is 3. The number of para-hydroxylation sites is 1. The molecule has 1 aromatic carbocycles. The van der Waals surface area contributed by atoms with Gasteiger partial charge in [-0.05, 0) is 44.7 Å². The van der Waals surface area contributed by atoms with E-state index >= 15 is 0 Å². The fourth-order valence-corrected chi connectivity index (χ4v) is 5.28. The number of nitrogens with one attached hydrogen (secondary N) is 1. The Hall–Kier alpha value is -2.61. The highest BCUT2D eigenvalue weighted by atomic mass is 32.2. The molecular weight excluding hydrogens is 434 g/mol. The number of unbranched alkanes of at least 4 members (excludes halogenated alkanes) is 2. The van der Waals surface area contributed by atoms with Gasteiger partial charge in [0.2, 0.25) is 5.91 Å². The Morgan fingerprint density at radius 3 is 2.79 bits per heavy atom. The lowest BCUT2D eigenvalue weighted by atomic mass is 10.1. The summed E-state index contributed by atoms with van der Waals surface area (Å²) in [6, 6.07) is 9.64. The van der Waals surface area contributed by atoms with E-state index in [4.69, 9.17) is 4.98 Å². The highest BCUT2D eigenvalue weighted by molar-refractivity contribution is 7.99. The highest BCUT2D eigenvalue weighted by Crippen LogP contribution is 2.30. The molecule has 1 atom stereocenters. The van der Waals surface area contributed by atoms with Gasteiger partial charge in [-0.2, -0.15) is 4.68 Å². The molecule has 0 aliphatic carbocycles. The van der Waals surface area contributed by atoms with Crippen molar-refractivity contribution in [3.8, 4) is 17.1 Å². The molecule has 0 saturated carbocycles. The summed E-state index contributed by atoms with van der Waals surface area (Å²) in [5, 5.41) is 8.44. The molecule has 33 heavy (non-hydrogen) atoms. The lowest BCUT2D eigenvalue weighted by Gasteiger charge is -2.18. The van der Waals surface area contributed by atoms with E-state index in [1.54, 1.807) is 0 Å². The van der Waals surface area contributed by atoms with Crippen LogP contribution in [0.4, 0.5) is 0 Å². The molecule has 0 radical (unpaired) electrons. The Balaban J connectivity index is 1.59. The van der Waals surface area contributed by atoms with Crippen LogP contribution in [0, 0.1) is 0 Å². The second-order valence-corrected chi connectivity index (χ2v) is 9.75. The van der Waals surface area contributed by atoms with Gasteiger partial charge < -0.3 is 9.88 Å². The summed E-state index contributed by atoms with van der Waals surface area (Å²) in [6.07, 6.45) is 8.52. The van der Waals surface area contributed by atoms with Gasteiger partial charge in [-0.15, -0.1) is 5.10 Å². The van der Waals surface area contributed by atoms with Crippen LogP contribution < -0.4 is 10.9 Å². The van der Waals surface area contributed by atoms with Crippen molar-refractivity contribution in [1.29, 1.82) is 0 Å². The maximum Gasteiger partial charge on any atom is 0.284 e. The molecule has 0 bridgehead atoms. The summed E-state index contributed by atoms with van der Waals surface area (Å²) in [5.41, 5.74) is 2.22. The van der Waals surface area contributed by atoms with Crippen LogP contribution in [0.15, 0.2) is 40.3 Å². The largest absolute Gasteiger partial charge is 0.353 e. The van der Waals surface area contributed by atoms with Crippen molar-refractivity contribution < 1.29 is 4.79 Å². The van der Waals surface area contributed by atoms with E-state index in [1.165, 1.54) is 29.3 Å². The van der Waals surface area contributed by atoms with Gasteiger partial charge in [0.1, 0.15) is 5.56 Å². The van der Waals surface area contributed by atoms with E-state index in [-0.39, 0.29) is 17.5 Å². The molecule has 0 aromatic heterocycles. The zero-order valence-electron chi connectivity index (χ0n) is 19.5. The third-order valence-electron chi connectivity index (χ3n) is 6.15. The molecule has 3 aliphatic rings. The molecule has 0 spiro atoms. The highest BCUT2D eigenvalue weighted by Gasteiger charge is 2.27. The topological polar surface area (TPSA) is 81.8 Å². The van der Waals surface area contributed by atoms with Crippen molar-refractivity contribution in [2.75, 3.05) is 5.75 Å². The fraction of sp³-hybridized carbons (Fsp3) is 0.520. The van der Waals surface area contributed by atoms with E-state index in [1.807, 2.05) is 30.3 Å². The summed E-state index contributed by atoms with van der Waals surface area (Å²) in [6.45, 7) is 5.06. The number of benzene rings is 1. The van der Waals surface area contributed by atoms with Gasteiger partial charge in [-0.25, -0.2) is 4.98 Å². The minimum absolute atomic E-state index is 0.0215. The molecule has 1 unspecified atom stereocenters. The standard InChI is InChI=1S/C25H33N5O2S/c1-3-4-7-12-18(2)26-21(31)17-33-25-27-23-22(20-15-10-6-11-16-29(20)25)24(32)30(28-23)19-13-8-5-9-14-19/h5,8-9,13-14,18H,3-4,6-7,10-12,15-17H2,1-2H3,(H,26,31). The second-order valence-electron chi connectivity index (χ2n) is 8.81. The molecule has 0 saturated heterocycles. The van der Waals surface area contributed by atoms with Crippen LogP contribution in [0.5, 0.6) is 0 Å². The summed E-state index contributed by atoms with van der Waals surface area (Å²) >= 11 is 1.44. The van der Waals surface area contributed by atoms with Crippen LogP contribution in [0.2, 0.25) is 0 Å². The monoisotopic (exact) mass is 467 g/mol. The Morgan fingerprint density at radius 2 is 2.00 bits per heavy atom. The maximum absolute atomic E-state index is 13.3. The quantitative estimate of drug-likeness (QED) is 0.286. The zero-order valence-corrected chi connectivity index (χ0v) is 20.4. The Labute approximate surface area is 199 Å². The molecule has 1 aromatic rings. The van der Waals surface area contributed by atoms with Gasteiger partial charge in [0.05, 0.1) is 11.4 Å². The summed E-state index contributed by atoms with van der Waals surface area (Å²) in [4.78, 5) is 30.6. The summed E-state index contributed by atoms with van der Waals surface area (Å²) < 4.78 is 3.60. The molecule has 176 valence electrons. The van der Waals surface area contributed by atoms with Gasteiger partial charge >= 0.3 is 0 Å². The Bertz CT molecular complexity index is 1110. The third-order valence-corrected chi connectivity index (χ3v) is 7.12. The van der Waals surface area contributed by atoms with Crippen LogP contribution in [-0.2, 0) is 17.8 Å². The predicted molar refractivity (Wildman–Crippen MR) is 132 cm³/mol. The summed E-state index contributed by atoms with van der Waals surface area (Å²) in [5.74, 6) is 0.792. The number of carbonyl (C=O) groups is 1. The van der Waals surface area contributed by atoms with E-state index in [0.29, 0.717) is 17.1 Å². The van der Waals surface area contributed by atoms with Crippen molar-refractivity contribution in [2.24, 2.45) is 0 Å². The zero-order chi connectivity index (χ0) is 23.2. The van der Waals surface area contributed by atoms with Gasteiger partial charge in [0.25, 0.3) is 5.56 Å². The minimum atomic E-state index is -0.121. The van der Waals surface area contributed by atoms with Crippen molar-refractivity contribution in [3.63, 3.8) is 0 Å². The first-order valence-electron chi connectivity index (χ1n) is 12.1. The molecule has 3 heterocycles. The average Bonchev–Trinajstić information content (AvgIpc) is 2.98. The average molecular weight is 468 g/mol. The van der Waals surface area contributed by atoms with E-state index in [9.17, 15) is 9.59 Å². The number of thioether (sulfide) groups is 1. The van der Waals surface area contributed by atoms with Crippen LogP contribution >= 0.6 is 11.8 Å². The molecule has 8 heteroatoms. The molecular formula is C25H33N5O2S. The third kappa shape index (κ3) is 5.49. The molecule has 1 N–H and O–H groups in total. The lowest BCUT2D eigenvalue weighted by Crippen LogP contribution is -2.34. The molecule has 3 aliphatic heterocycles.